The summed E-state index contributed by atoms with van der Waals surface area (Å²) in [5.74, 6) is 0.269. The first-order valence-corrected chi connectivity index (χ1v) is 8.45. The molecule has 2 N–H and O–H groups in total. The Balaban J connectivity index is 2.02. The summed E-state index contributed by atoms with van der Waals surface area (Å²) in [6.45, 7) is 0.630. The Morgan fingerprint density at radius 3 is 2.22 bits per heavy atom. The summed E-state index contributed by atoms with van der Waals surface area (Å²) in [5, 5.41) is 0. The van der Waals surface area contributed by atoms with Crippen LogP contribution in [0.3, 0.4) is 0 Å². The zero-order valence-electron chi connectivity index (χ0n) is 10.9. The van der Waals surface area contributed by atoms with Gasteiger partial charge in [-0.15, -0.1) is 0 Å². The van der Waals surface area contributed by atoms with Gasteiger partial charge in [0.1, 0.15) is 9.84 Å². The second-order valence-corrected chi connectivity index (χ2v) is 7.82. The van der Waals surface area contributed by atoms with Gasteiger partial charge in [0.2, 0.25) is 0 Å². The van der Waals surface area contributed by atoms with E-state index in [9.17, 15) is 8.42 Å². The molecular weight excluding hydrogens is 246 g/mol. The number of hydrogen-bond donors (Lipinski definition) is 1. The number of fused-ring (bicyclic) bond motifs is 1. The maximum absolute atomic E-state index is 11.2. The molecule has 1 aliphatic carbocycles. The summed E-state index contributed by atoms with van der Waals surface area (Å²) in [7, 11) is -2.86. The van der Waals surface area contributed by atoms with Gasteiger partial charge < -0.3 is 5.73 Å². The van der Waals surface area contributed by atoms with Crippen molar-refractivity contribution in [3.05, 3.63) is 35.4 Å². The molecule has 0 amide bonds. The van der Waals surface area contributed by atoms with Gasteiger partial charge in [-0.1, -0.05) is 24.3 Å². The summed E-state index contributed by atoms with van der Waals surface area (Å²) < 4.78 is 22.4. The first kappa shape index (κ1) is 13.6. The molecule has 100 valence electrons. The molecule has 2 rings (SSSR count). The van der Waals surface area contributed by atoms with E-state index in [1.807, 2.05) is 0 Å². The Morgan fingerprint density at radius 2 is 1.78 bits per heavy atom. The third-order valence-corrected chi connectivity index (χ3v) is 4.93. The smallest absolute Gasteiger partial charge is 0.147 e. The second kappa shape index (κ2) is 5.02. The lowest BCUT2D eigenvalue weighted by Crippen LogP contribution is -2.31. The maximum atomic E-state index is 11.2. The standard InChI is InChI=1S/C14H21NO2S/c1-18(16,17)8-4-7-14(11-15)9-12-5-2-3-6-13(12)10-14/h2-3,5-6H,4,7-11,15H2,1H3. The molecule has 0 atom stereocenters. The van der Waals surface area contributed by atoms with Crippen molar-refractivity contribution in [1.29, 1.82) is 0 Å². The van der Waals surface area contributed by atoms with E-state index in [0.29, 0.717) is 13.0 Å². The minimum Gasteiger partial charge on any atom is -0.330 e. The van der Waals surface area contributed by atoms with Crippen LogP contribution in [-0.2, 0) is 22.7 Å². The second-order valence-electron chi connectivity index (χ2n) is 5.56. The highest BCUT2D eigenvalue weighted by Crippen LogP contribution is 2.39. The highest BCUT2D eigenvalue weighted by atomic mass is 32.2. The molecule has 0 aliphatic heterocycles. The molecule has 0 heterocycles. The summed E-state index contributed by atoms with van der Waals surface area (Å²) in [4.78, 5) is 0. The van der Waals surface area contributed by atoms with Gasteiger partial charge in [-0.05, 0) is 48.8 Å². The van der Waals surface area contributed by atoms with Crippen LogP contribution in [0.1, 0.15) is 24.0 Å². The molecule has 0 unspecified atom stereocenters. The van der Waals surface area contributed by atoms with E-state index in [1.54, 1.807) is 0 Å². The summed E-state index contributed by atoms with van der Waals surface area (Å²) in [5.41, 5.74) is 8.78. The first-order valence-electron chi connectivity index (χ1n) is 6.39. The van der Waals surface area contributed by atoms with Crippen molar-refractivity contribution in [3.8, 4) is 0 Å². The average molecular weight is 267 g/mol. The van der Waals surface area contributed by atoms with Gasteiger partial charge in [0.15, 0.2) is 0 Å². The molecule has 1 aliphatic rings. The summed E-state index contributed by atoms with van der Waals surface area (Å²) in [6.07, 6.45) is 4.88. The van der Waals surface area contributed by atoms with Crippen LogP contribution in [0.2, 0.25) is 0 Å². The van der Waals surface area contributed by atoms with E-state index >= 15 is 0 Å². The predicted molar refractivity (Wildman–Crippen MR) is 74.3 cm³/mol. The van der Waals surface area contributed by atoms with Crippen molar-refractivity contribution >= 4 is 9.84 Å². The molecule has 0 spiro atoms. The number of nitrogens with two attached hydrogens (primary N) is 1. The number of benzene rings is 1. The molecule has 0 fully saturated rings. The van der Waals surface area contributed by atoms with Gasteiger partial charge in [-0.3, -0.25) is 0 Å². The molecular formula is C14H21NO2S. The molecule has 3 nitrogen and oxygen atoms in total. The van der Waals surface area contributed by atoms with Crippen LogP contribution >= 0.6 is 0 Å². The lowest BCUT2D eigenvalue weighted by molar-refractivity contribution is 0.288. The molecule has 18 heavy (non-hydrogen) atoms. The van der Waals surface area contributed by atoms with Gasteiger partial charge >= 0.3 is 0 Å². The molecule has 0 saturated heterocycles. The quantitative estimate of drug-likeness (QED) is 0.880. The Morgan fingerprint density at radius 1 is 1.22 bits per heavy atom. The van der Waals surface area contributed by atoms with Crippen molar-refractivity contribution < 1.29 is 8.42 Å². The zero-order chi connectivity index (χ0) is 13.2. The molecule has 0 radical (unpaired) electrons. The topological polar surface area (TPSA) is 60.2 Å². The Kier molecular flexibility index (Phi) is 3.78. The van der Waals surface area contributed by atoms with Crippen LogP contribution in [0.5, 0.6) is 0 Å². The minimum absolute atomic E-state index is 0.0778. The number of hydrogen-bond acceptors (Lipinski definition) is 3. The lowest BCUT2D eigenvalue weighted by Gasteiger charge is -2.27. The highest BCUT2D eigenvalue weighted by molar-refractivity contribution is 7.90. The van der Waals surface area contributed by atoms with Gasteiger partial charge in [-0.25, -0.2) is 8.42 Å². The van der Waals surface area contributed by atoms with Crippen LogP contribution in [0, 0.1) is 5.41 Å². The predicted octanol–water partition coefficient (Wildman–Crippen LogP) is 1.56. The van der Waals surface area contributed by atoms with E-state index in [1.165, 1.54) is 17.4 Å². The fourth-order valence-corrected chi connectivity index (χ4v) is 3.57. The Hall–Kier alpha value is -0.870. The third-order valence-electron chi connectivity index (χ3n) is 3.90. The van der Waals surface area contributed by atoms with E-state index in [0.717, 1.165) is 19.3 Å². The molecule has 0 bridgehead atoms. The number of sulfone groups is 1. The normalized spacial score (nSPS) is 17.7. The molecule has 4 heteroatoms. The summed E-state index contributed by atoms with van der Waals surface area (Å²) >= 11 is 0. The van der Waals surface area contributed by atoms with E-state index in [2.05, 4.69) is 24.3 Å². The van der Waals surface area contributed by atoms with Crippen LogP contribution in [0.25, 0.3) is 0 Å². The fourth-order valence-electron chi connectivity index (χ4n) is 2.91. The largest absolute Gasteiger partial charge is 0.330 e. The third kappa shape index (κ3) is 3.12. The lowest BCUT2D eigenvalue weighted by atomic mass is 9.80. The van der Waals surface area contributed by atoms with Gasteiger partial charge in [0, 0.05) is 12.0 Å². The molecule has 0 aromatic heterocycles. The highest BCUT2D eigenvalue weighted by Gasteiger charge is 2.35. The average Bonchev–Trinajstić information content (AvgIpc) is 2.66. The minimum atomic E-state index is -2.86. The SMILES string of the molecule is CS(=O)(=O)CCCC1(CN)Cc2ccccc2C1. The van der Waals surface area contributed by atoms with Crippen molar-refractivity contribution in [3.63, 3.8) is 0 Å². The van der Waals surface area contributed by atoms with Gasteiger partial charge in [-0.2, -0.15) is 0 Å². The molecule has 0 saturated carbocycles. The van der Waals surface area contributed by atoms with Gasteiger partial charge in [0.05, 0.1) is 0 Å². The zero-order valence-corrected chi connectivity index (χ0v) is 11.7. The van der Waals surface area contributed by atoms with E-state index < -0.39 is 9.84 Å². The Bertz CT molecular complexity index is 497. The maximum Gasteiger partial charge on any atom is 0.147 e. The van der Waals surface area contributed by atoms with Crippen molar-refractivity contribution in [1.82, 2.24) is 0 Å². The van der Waals surface area contributed by atoms with Crippen LogP contribution in [0.4, 0.5) is 0 Å². The monoisotopic (exact) mass is 267 g/mol. The van der Waals surface area contributed by atoms with E-state index in [4.69, 9.17) is 5.73 Å². The number of rotatable bonds is 5. The van der Waals surface area contributed by atoms with Crippen molar-refractivity contribution in [2.75, 3.05) is 18.6 Å². The van der Waals surface area contributed by atoms with Crippen LogP contribution in [0.15, 0.2) is 24.3 Å². The van der Waals surface area contributed by atoms with Crippen LogP contribution in [-0.4, -0.2) is 27.0 Å². The first-order chi connectivity index (χ1) is 8.44. The van der Waals surface area contributed by atoms with Crippen LogP contribution < -0.4 is 5.73 Å². The fraction of sp³-hybridized carbons (Fsp3) is 0.571. The Labute approximate surface area is 109 Å². The van der Waals surface area contributed by atoms with E-state index in [-0.39, 0.29) is 11.2 Å². The van der Waals surface area contributed by atoms with Crippen molar-refractivity contribution in [2.45, 2.75) is 25.7 Å². The molecule has 1 aromatic rings. The molecule has 1 aromatic carbocycles. The van der Waals surface area contributed by atoms with Gasteiger partial charge in [0.25, 0.3) is 0 Å². The van der Waals surface area contributed by atoms with Crippen molar-refractivity contribution in [2.24, 2.45) is 11.1 Å². The summed E-state index contributed by atoms with van der Waals surface area (Å²) in [6, 6.07) is 8.43.